The molecule has 1 amide bonds. The lowest BCUT2D eigenvalue weighted by atomic mass is 9.95. The van der Waals surface area contributed by atoms with Gasteiger partial charge in [-0.15, -0.1) is 0 Å². The van der Waals surface area contributed by atoms with Crippen molar-refractivity contribution in [3.05, 3.63) is 0 Å². The number of methoxy groups -OCH3 is 1. The molecule has 0 heterocycles. The van der Waals surface area contributed by atoms with Gasteiger partial charge in [-0.2, -0.15) is 0 Å². The van der Waals surface area contributed by atoms with Crippen LogP contribution in [0.1, 0.15) is 32.6 Å². The lowest BCUT2D eigenvalue weighted by molar-refractivity contribution is -0.120. The van der Waals surface area contributed by atoms with Gasteiger partial charge < -0.3 is 20.7 Å². The van der Waals surface area contributed by atoms with Gasteiger partial charge in [-0.1, -0.05) is 13.3 Å². The Morgan fingerprint density at radius 2 is 2.13 bits per heavy atom. The average molecular weight is 346 g/mol. The van der Waals surface area contributed by atoms with Gasteiger partial charge in [-0.05, 0) is 19.3 Å². The summed E-state index contributed by atoms with van der Waals surface area (Å²) >= 11 is 0. The van der Waals surface area contributed by atoms with E-state index in [4.69, 9.17) is 4.74 Å². The second-order valence-electron chi connectivity index (χ2n) is 5.57. The predicted molar refractivity (Wildman–Crippen MR) is 94.1 cm³/mol. The number of rotatable bonds is 8. The van der Waals surface area contributed by atoms with Crippen molar-refractivity contribution in [2.75, 3.05) is 39.6 Å². The summed E-state index contributed by atoms with van der Waals surface area (Å²) in [6, 6.07) is 0.256. The molecular weight excluding hydrogens is 316 g/mol. The van der Waals surface area contributed by atoms with Crippen molar-refractivity contribution >= 4 is 22.7 Å². The molecule has 7 nitrogen and oxygen atoms in total. The minimum atomic E-state index is -0.743. The van der Waals surface area contributed by atoms with Crippen LogP contribution in [0, 0.1) is 0 Å². The SMILES string of the molecule is CCS(=O)C1CCCC(NC(=NC)NCC(=O)NCCOC)C1. The molecule has 3 unspecified atom stereocenters. The Morgan fingerprint density at radius 3 is 2.78 bits per heavy atom. The van der Waals surface area contributed by atoms with Crippen LogP contribution < -0.4 is 16.0 Å². The minimum absolute atomic E-state index is 0.0985. The second kappa shape index (κ2) is 11.4. The van der Waals surface area contributed by atoms with Crippen molar-refractivity contribution in [3.63, 3.8) is 0 Å². The number of carbonyl (C=O) groups excluding carboxylic acids is 1. The molecule has 0 spiro atoms. The number of nitrogens with one attached hydrogen (secondary N) is 3. The summed E-state index contributed by atoms with van der Waals surface area (Å²) in [4.78, 5) is 15.8. The Balaban J connectivity index is 2.35. The molecule has 0 radical (unpaired) electrons. The molecule has 1 rings (SSSR count). The summed E-state index contributed by atoms with van der Waals surface area (Å²) in [5.41, 5.74) is 0. The number of ether oxygens (including phenoxy) is 1. The largest absolute Gasteiger partial charge is 0.383 e. The summed E-state index contributed by atoms with van der Waals surface area (Å²) < 4.78 is 16.9. The number of hydrogen-bond acceptors (Lipinski definition) is 4. The van der Waals surface area contributed by atoms with Crippen LogP contribution in [0.3, 0.4) is 0 Å². The molecule has 1 aliphatic rings. The molecule has 3 atom stereocenters. The first-order valence-corrected chi connectivity index (χ1v) is 9.58. The summed E-state index contributed by atoms with van der Waals surface area (Å²) in [7, 11) is 2.54. The molecule has 3 N–H and O–H groups in total. The van der Waals surface area contributed by atoms with E-state index in [9.17, 15) is 9.00 Å². The predicted octanol–water partition coefficient (Wildman–Crippen LogP) is -0.00620. The molecule has 0 aromatic carbocycles. The quantitative estimate of drug-likeness (QED) is 0.327. The first kappa shape index (κ1) is 19.9. The summed E-state index contributed by atoms with van der Waals surface area (Å²) in [5.74, 6) is 1.23. The van der Waals surface area contributed by atoms with Crippen molar-refractivity contribution in [1.29, 1.82) is 0 Å². The molecule has 1 fully saturated rings. The number of aliphatic imine (C=N–C) groups is 1. The first-order valence-electron chi connectivity index (χ1n) is 8.20. The van der Waals surface area contributed by atoms with Gasteiger partial charge >= 0.3 is 0 Å². The summed E-state index contributed by atoms with van der Waals surface area (Å²) in [6.07, 6.45) is 4.04. The standard InChI is InChI=1S/C15H30N4O3S/c1-4-23(21)13-7-5-6-12(10-13)19-15(16-2)18-11-14(20)17-8-9-22-3/h12-13H,4-11H2,1-3H3,(H,17,20)(H2,16,18,19). The molecule has 23 heavy (non-hydrogen) atoms. The minimum Gasteiger partial charge on any atom is -0.383 e. The third kappa shape index (κ3) is 7.78. The highest BCUT2D eigenvalue weighted by molar-refractivity contribution is 7.85. The smallest absolute Gasteiger partial charge is 0.239 e. The third-order valence-electron chi connectivity index (χ3n) is 3.89. The van der Waals surface area contributed by atoms with Crippen molar-refractivity contribution in [3.8, 4) is 0 Å². The number of guanidine groups is 1. The van der Waals surface area contributed by atoms with E-state index >= 15 is 0 Å². The number of amides is 1. The van der Waals surface area contributed by atoms with Crippen LogP contribution in [-0.2, 0) is 20.3 Å². The van der Waals surface area contributed by atoms with E-state index in [-0.39, 0.29) is 23.7 Å². The van der Waals surface area contributed by atoms with Gasteiger partial charge in [0.25, 0.3) is 0 Å². The van der Waals surface area contributed by atoms with Crippen LogP contribution in [0.4, 0.5) is 0 Å². The molecule has 1 aliphatic carbocycles. The molecular formula is C15H30N4O3S. The Bertz CT molecular complexity index is 418. The zero-order valence-electron chi connectivity index (χ0n) is 14.4. The summed E-state index contributed by atoms with van der Waals surface area (Å²) in [5, 5.41) is 9.36. The zero-order chi connectivity index (χ0) is 17.1. The van der Waals surface area contributed by atoms with E-state index in [0.717, 1.165) is 25.7 Å². The molecule has 1 saturated carbocycles. The van der Waals surface area contributed by atoms with Gasteiger partial charge in [0.15, 0.2) is 5.96 Å². The van der Waals surface area contributed by atoms with E-state index in [1.54, 1.807) is 14.2 Å². The topological polar surface area (TPSA) is 91.8 Å². The highest BCUT2D eigenvalue weighted by atomic mass is 32.2. The first-order chi connectivity index (χ1) is 11.1. The molecule has 0 saturated heterocycles. The van der Waals surface area contributed by atoms with Crippen LogP contribution in [0.15, 0.2) is 4.99 Å². The molecule has 0 aromatic heterocycles. The molecule has 8 heteroatoms. The molecule has 0 aromatic rings. The molecule has 0 aliphatic heterocycles. The fourth-order valence-corrected chi connectivity index (χ4v) is 4.01. The Labute approximate surface area is 141 Å². The Kier molecular flexibility index (Phi) is 9.86. The number of nitrogens with zero attached hydrogens (tertiary/aromatic N) is 1. The van der Waals surface area contributed by atoms with Crippen LogP contribution in [-0.4, -0.2) is 67.0 Å². The number of hydrogen-bond donors (Lipinski definition) is 3. The fourth-order valence-electron chi connectivity index (χ4n) is 2.66. The lowest BCUT2D eigenvalue weighted by Gasteiger charge is -2.30. The molecule has 134 valence electrons. The monoisotopic (exact) mass is 346 g/mol. The number of carbonyl (C=O) groups is 1. The van der Waals surface area contributed by atoms with E-state index in [1.807, 2.05) is 6.92 Å². The van der Waals surface area contributed by atoms with Gasteiger partial charge in [-0.3, -0.25) is 14.0 Å². The normalized spacial score (nSPS) is 23.2. The Hall–Kier alpha value is -1.15. The van der Waals surface area contributed by atoms with Crippen molar-refractivity contribution in [2.24, 2.45) is 4.99 Å². The van der Waals surface area contributed by atoms with Crippen molar-refractivity contribution < 1.29 is 13.7 Å². The fraction of sp³-hybridized carbons (Fsp3) is 0.867. The zero-order valence-corrected chi connectivity index (χ0v) is 15.2. The van der Waals surface area contributed by atoms with Crippen LogP contribution in [0.2, 0.25) is 0 Å². The second-order valence-corrected chi connectivity index (χ2v) is 7.57. The maximum absolute atomic E-state index is 12.0. The van der Waals surface area contributed by atoms with Crippen LogP contribution in [0.5, 0.6) is 0 Å². The van der Waals surface area contributed by atoms with Gasteiger partial charge in [-0.25, -0.2) is 0 Å². The van der Waals surface area contributed by atoms with Gasteiger partial charge in [0, 0.05) is 48.5 Å². The van der Waals surface area contributed by atoms with Crippen LogP contribution >= 0.6 is 0 Å². The maximum atomic E-state index is 12.0. The van der Waals surface area contributed by atoms with Crippen molar-refractivity contribution in [2.45, 2.75) is 43.9 Å². The Morgan fingerprint density at radius 1 is 1.35 bits per heavy atom. The lowest BCUT2D eigenvalue weighted by Crippen LogP contribution is -2.49. The van der Waals surface area contributed by atoms with E-state index in [1.165, 1.54) is 0 Å². The third-order valence-corrected chi connectivity index (χ3v) is 5.63. The van der Waals surface area contributed by atoms with E-state index < -0.39 is 10.8 Å². The van der Waals surface area contributed by atoms with Crippen molar-refractivity contribution in [1.82, 2.24) is 16.0 Å². The highest BCUT2D eigenvalue weighted by Crippen LogP contribution is 2.22. The summed E-state index contributed by atoms with van der Waals surface area (Å²) in [6.45, 7) is 3.13. The van der Waals surface area contributed by atoms with E-state index in [0.29, 0.717) is 24.9 Å². The maximum Gasteiger partial charge on any atom is 0.239 e. The van der Waals surface area contributed by atoms with Gasteiger partial charge in [0.2, 0.25) is 5.91 Å². The van der Waals surface area contributed by atoms with Gasteiger partial charge in [0.05, 0.1) is 13.2 Å². The van der Waals surface area contributed by atoms with Gasteiger partial charge in [0.1, 0.15) is 0 Å². The highest BCUT2D eigenvalue weighted by Gasteiger charge is 2.26. The van der Waals surface area contributed by atoms with Crippen LogP contribution in [0.25, 0.3) is 0 Å². The van der Waals surface area contributed by atoms with E-state index in [2.05, 4.69) is 20.9 Å². The molecule has 0 bridgehead atoms. The average Bonchev–Trinajstić information content (AvgIpc) is 2.58.